The first-order chi connectivity index (χ1) is 9.85. The van der Waals surface area contributed by atoms with Crippen molar-refractivity contribution in [3.8, 4) is 11.3 Å². The second kappa shape index (κ2) is 5.10. The maximum absolute atomic E-state index is 13.4. The molecule has 0 radical (unpaired) electrons. The molecule has 1 aromatic carbocycles. The van der Waals surface area contributed by atoms with Gasteiger partial charge in [0, 0.05) is 16.1 Å². The molecular weight excluding hydrogens is 361 g/mol. The van der Waals surface area contributed by atoms with E-state index in [4.69, 9.17) is 5.73 Å². The van der Waals surface area contributed by atoms with Gasteiger partial charge in [0.05, 0.1) is 23.2 Å². The molecule has 1 unspecified atom stereocenters. The Bertz CT molecular complexity index is 804. The van der Waals surface area contributed by atoms with Crippen LogP contribution in [0, 0.1) is 5.82 Å². The number of rotatable bonds is 2. The zero-order valence-corrected chi connectivity index (χ0v) is 13.4. The quantitative estimate of drug-likeness (QED) is 0.876. The van der Waals surface area contributed by atoms with Crippen molar-refractivity contribution in [2.24, 2.45) is 0 Å². The van der Waals surface area contributed by atoms with E-state index < -0.39 is 9.84 Å². The van der Waals surface area contributed by atoms with Crippen LogP contribution in [0.4, 0.5) is 10.2 Å². The van der Waals surface area contributed by atoms with Crippen molar-refractivity contribution in [2.75, 3.05) is 17.2 Å². The number of anilines is 1. The number of hydrogen-bond acceptors (Lipinski definition) is 4. The molecule has 21 heavy (non-hydrogen) atoms. The van der Waals surface area contributed by atoms with E-state index in [0.29, 0.717) is 28.0 Å². The molecule has 1 atom stereocenters. The molecular formula is C13H13BrFN3O2S. The van der Waals surface area contributed by atoms with E-state index in [1.807, 2.05) is 0 Å². The first-order valence-electron chi connectivity index (χ1n) is 6.36. The summed E-state index contributed by atoms with van der Waals surface area (Å²) in [5.74, 6) is 0.200. The van der Waals surface area contributed by atoms with Gasteiger partial charge in [-0.25, -0.2) is 17.5 Å². The van der Waals surface area contributed by atoms with Gasteiger partial charge in [-0.05, 0) is 24.6 Å². The van der Waals surface area contributed by atoms with E-state index in [2.05, 4.69) is 21.0 Å². The van der Waals surface area contributed by atoms with E-state index in [9.17, 15) is 12.8 Å². The molecule has 5 nitrogen and oxygen atoms in total. The molecule has 3 rings (SSSR count). The van der Waals surface area contributed by atoms with Crippen LogP contribution in [0.2, 0.25) is 0 Å². The third-order valence-corrected chi connectivity index (χ3v) is 5.97. The summed E-state index contributed by atoms with van der Waals surface area (Å²) in [6.45, 7) is 0. The second-order valence-corrected chi connectivity index (χ2v) is 8.16. The number of halogens is 2. The summed E-state index contributed by atoms with van der Waals surface area (Å²) in [6.07, 6.45) is 0.498. The standard InChI is InChI=1S/C13H13BrFN3O2S/c14-11-2-1-8(15)5-10(11)12-6-13(16)18(17-12)9-3-4-21(19,20)7-9/h1-2,5-6,9H,3-4,7,16H2. The van der Waals surface area contributed by atoms with Crippen molar-refractivity contribution < 1.29 is 12.8 Å². The topological polar surface area (TPSA) is 78.0 Å². The number of aromatic nitrogens is 2. The SMILES string of the molecule is Nc1cc(-c2cc(F)ccc2Br)nn1C1CCS(=O)(=O)C1. The predicted molar refractivity (Wildman–Crippen MR) is 82.0 cm³/mol. The summed E-state index contributed by atoms with van der Waals surface area (Å²) in [4.78, 5) is 0. The molecule has 1 fully saturated rings. The molecule has 112 valence electrons. The number of hydrogen-bond donors (Lipinski definition) is 1. The highest BCUT2D eigenvalue weighted by Gasteiger charge is 2.31. The summed E-state index contributed by atoms with van der Waals surface area (Å²) in [5.41, 5.74) is 7.03. The van der Waals surface area contributed by atoms with Crippen molar-refractivity contribution in [1.82, 2.24) is 9.78 Å². The number of nitrogens with zero attached hydrogens (tertiary/aromatic N) is 2. The van der Waals surface area contributed by atoms with Crippen LogP contribution in [0.5, 0.6) is 0 Å². The zero-order chi connectivity index (χ0) is 15.2. The monoisotopic (exact) mass is 373 g/mol. The van der Waals surface area contributed by atoms with Gasteiger partial charge in [-0.15, -0.1) is 0 Å². The minimum Gasteiger partial charge on any atom is -0.384 e. The highest BCUT2D eigenvalue weighted by atomic mass is 79.9. The largest absolute Gasteiger partial charge is 0.384 e. The Kier molecular flexibility index (Phi) is 3.53. The molecule has 0 saturated carbocycles. The van der Waals surface area contributed by atoms with Crippen molar-refractivity contribution in [2.45, 2.75) is 12.5 Å². The fourth-order valence-electron chi connectivity index (χ4n) is 2.50. The van der Waals surface area contributed by atoms with Crippen LogP contribution in [0.25, 0.3) is 11.3 Å². The van der Waals surface area contributed by atoms with Gasteiger partial charge in [-0.1, -0.05) is 15.9 Å². The van der Waals surface area contributed by atoms with Gasteiger partial charge in [0.2, 0.25) is 0 Å². The molecule has 2 N–H and O–H groups in total. The first kappa shape index (κ1) is 14.5. The Labute approximate surface area is 130 Å². The van der Waals surface area contributed by atoms with Crippen LogP contribution in [0.1, 0.15) is 12.5 Å². The average molecular weight is 374 g/mol. The van der Waals surface area contributed by atoms with Crippen molar-refractivity contribution in [3.63, 3.8) is 0 Å². The number of sulfone groups is 1. The van der Waals surface area contributed by atoms with Crippen molar-refractivity contribution >= 4 is 31.6 Å². The Morgan fingerprint density at radius 3 is 2.81 bits per heavy atom. The van der Waals surface area contributed by atoms with Crippen LogP contribution in [-0.4, -0.2) is 29.7 Å². The fraction of sp³-hybridized carbons (Fsp3) is 0.308. The molecule has 0 spiro atoms. The van der Waals surface area contributed by atoms with E-state index in [0.717, 1.165) is 0 Å². The minimum atomic E-state index is -3.02. The highest BCUT2D eigenvalue weighted by Crippen LogP contribution is 2.32. The van der Waals surface area contributed by atoms with Crippen LogP contribution in [-0.2, 0) is 9.84 Å². The van der Waals surface area contributed by atoms with E-state index in [-0.39, 0.29) is 23.4 Å². The minimum absolute atomic E-state index is 0.0443. The summed E-state index contributed by atoms with van der Waals surface area (Å²) in [6, 6.07) is 5.68. The van der Waals surface area contributed by atoms with Crippen molar-refractivity contribution in [3.05, 3.63) is 34.6 Å². The number of benzene rings is 1. The lowest BCUT2D eigenvalue weighted by molar-refractivity contribution is 0.508. The van der Waals surface area contributed by atoms with Gasteiger partial charge >= 0.3 is 0 Å². The Balaban J connectivity index is 2.00. The molecule has 2 heterocycles. The summed E-state index contributed by atoms with van der Waals surface area (Å²) >= 11 is 3.35. The summed E-state index contributed by atoms with van der Waals surface area (Å²) < 4.78 is 38.7. The molecule has 2 aromatic rings. The van der Waals surface area contributed by atoms with Crippen LogP contribution in [0.15, 0.2) is 28.7 Å². The lowest BCUT2D eigenvalue weighted by Crippen LogP contribution is -2.14. The zero-order valence-electron chi connectivity index (χ0n) is 11.0. The Hall–Kier alpha value is -1.41. The molecule has 1 aliphatic heterocycles. The molecule has 1 aromatic heterocycles. The summed E-state index contributed by atoms with van der Waals surface area (Å²) in [5, 5.41) is 4.36. The van der Waals surface area contributed by atoms with Crippen LogP contribution < -0.4 is 5.73 Å². The smallest absolute Gasteiger partial charge is 0.152 e. The van der Waals surface area contributed by atoms with Gasteiger partial charge in [0.25, 0.3) is 0 Å². The molecule has 1 aliphatic rings. The maximum Gasteiger partial charge on any atom is 0.152 e. The predicted octanol–water partition coefficient (Wildman–Crippen LogP) is 2.39. The van der Waals surface area contributed by atoms with Gasteiger partial charge in [0.1, 0.15) is 11.6 Å². The maximum atomic E-state index is 13.4. The normalized spacial score (nSPS) is 20.8. The van der Waals surface area contributed by atoms with Crippen molar-refractivity contribution in [1.29, 1.82) is 0 Å². The van der Waals surface area contributed by atoms with E-state index >= 15 is 0 Å². The van der Waals surface area contributed by atoms with E-state index in [1.54, 1.807) is 12.1 Å². The number of nitrogen functional groups attached to an aromatic ring is 1. The third kappa shape index (κ3) is 2.82. The molecule has 0 aliphatic carbocycles. The van der Waals surface area contributed by atoms with Gasteiger partial charge < -0.3 is 5.73 Å². The summed E-state index contributed by atoms with van der Waals surface area (Å²) in [7, 11) is -3.02. The molecule has 0 bridgehead atoms. The Morgan fingerprint density at radius 2 is 2.14 bits per heavy atom. The average Bonchev–Trinajstić information content (AvgIpc) is 2.95. The first-order valence-corrected chi connectivity index (χ1v) is 8.98. The Morgan fingerprint density at radius 1 is 1.38 bits per heavy atom. The highest BCUT2D eigenvalue weighted by molar-refractivity contribution is 9.10. The van der Waals surface area contributed by atoms with Gasteiger partial charge in [0.15, 0.2) is 9.84 Å². The fourth-order valence-corrected chi connectivity index (χ4v) is 4.64. The lowest BCUT2D eigenvalue weighted by Gasteiger charge is -2.10. The van der Waals surface area contributed by atoms with Gasteiger partial charge in [-0.2, -0.15) is 5.10 Å². The molecule has 1 saturated heterocycles. The number of nitrogens with two attached hydrogens (primary N) is 1. The third-order valence-electron chi connectivity index (χ3n) is 3.52. The van der Waals surface area contributed by atoms with Crippen LogP contribution >= 0.6 is 15.9 Å². The lowest BCUT2D eigenvalue weighted by atomic mass is 10.1. The van der Waals surface area contributed by atoms with Crippen LogP contribution in [0.3, 0.4) is 0 Å². The molecule has 8 heteroatoms. The van der Waals surface area contributed by atoms with Gasteiger partial charge in [-0.3, -0.25) is 0 Å². The van der Waals surface area contributed by atoms with E-state index in [1.165, 1.54) is 16.8 Å². The second-order valence-electron chi connectivity index (χ2n) is 5.08. The molecule has 0 amide bonds.